The second-order valence-corrected chi connectivity index (χ2v) is 1.76. The third kappa shape index (κ3) is 1.28. The summed E-state index contributed by atoms with van der Waals surface area (Å²) < 4.78 is 3.49. The lowest BCUT2D eigenvalue weighted by molar-refractivity contribution is -0.670. The molecule has 1 aromatic heterocycles. The minimum absolute atomic E-state index is 1.31. The van der Waals surface area contributed by atoms with Crippen molar-refractivity contribution >= 4 is 6.34 Å². The van der Waals surface area contributed by atoms with Crippen molar-refractivity contribution in [2.24, 2.45) is 12.2 Å². The molecule has 4 nitrogen and oxygen atoms in total. The highest BCUT2D eigenvalue weighted by Gasteiger charge is 1.92. The topological polar surface area (TPSA) is 41.4 Å². The number of oxime groups is 1. The zero-order chi connectivity index (χ0) is 6.69. The van der Waals surface area contributed by atoms with Crippen molar-refractivity contribution in [3.8, 4) is 0 Å². The zero-order valence-electron chi connectivity index (χ0n) is 5.10. The molecule has 0 spiro atoms. The van der Waals surface area contributed by atoms with E-state index in [1.54, 1.807) is 17.1 Å². The molecular formula is C5H8N3O+. The molecule has 1 rings (SSSR count). The molecule has 1 aromatic rings. The first-order valence-corrected chi connectivity index (χ1v) is 2.53. The number of hydrogen-bond donors (Lipinski definition) is 1. The van der Waals surface area contributed by atoms with E-state index in [0.29, 0.717) is 0 Å². The van der Waals surface area contributed by atoms with Crippen molar-refractivity contribution in [3.05, 3.63) is 18.7 Å². The van der Waals surface area contributed by atoms with Crippen LogP contribution in [0.15, 0.2) is 23.9 Å². The summed E-state index contributed by atoms with van der Waals surface area (Å²) in [6.07, 6.45) is 6.71. The number of aryl methyl sites for hydroxylation is 1. The SMILES string of the molecule is C[n+]1ccn(C=NO)c1. The van der Waals surface area contributed by atoms with Gasteiger partial charge in [-0.25, -0.2) is 4.57 Å². The van der Waals surface area contributed by atoms with Crippen molar-refractivity contribution in [2.45, 2.75) is 0 Å². The van der Waals surface area contributed by atoms with Crippen LogP contribution in [-0.4, -0.2) is 16.1 Å². The first kappa shape index (κ1) is 5.81. The fourth-order valence-electron chi connectivity index (χ4n) is 0.597. The molecule has 0 atom stereocenters. The van der Waals surface area contributed by atoms with Crippen LogP contribution in [0.3, 0.4) is 0 Å². The largest absolute Gasteiger partial charge is 0.408 e. The van der Waals surface area contributed by atoms with E-state index in [4.69, 9.17) is 5.21 Å². The van der Waals surface area contributed by atoms with Crippen LogP contribution < -0.4 is 4.57 Å². The Hall–Kier alpha value is -1.32. The number of imidazole rings is 1. The van der Waals surface area contributed by atoms with Crippen molar-refractivity contribution < 1.29 is 9.77 Å². The Morgan fingerprint density at radius 2 is 2.56 bits per heavy atom. The van der Waals surface area contributed by atoms with Crippen LogP contribution in [-0.2, 0) is 7.05 Å². The maximum Gasteiger partial charge on any atom is 0.249 e. The predicted octanol–water partition coefficient (Wildman–Crippen LogP) is -0.422. The normalized spacial score (nSPS) is 10.8. The molecule has 0 aliphatic carbocycles. The third-order valence-corrected chi connectivity index (χ3v) is 0.974. The minimum Gasteiger partial charge on any atom is -0.408 e. The zero-order valence-corrected chi connectivity index (χ0v) is 5.10. The first-order chi connectivity index (χ1) is 4.33. The molecule has 0 saturated heterocycles. The van der Waals surface area contributed by atoms with E-state index in [9.17, 15) is 0 Å². The van der Waals surface area contributed by atoms with Gasteiger partial charge in [0, 0.05) is 0 Å². The van der Waals surface area contributed by atoms with Gasteiger partial charge in [-0.1, -0.05) is 5.16 Å². The van der Waals surface area contributed by atoms with Crippen LogP contribution in [0.25, 0.3) is 0 Å². The molecule has 0 aliphatic rings. The van der Waals surface area contributed by atoms with Gasteiger partial charge in [-0.05, 0) is 0 Å². The molecular weight excluding hydrogens is 118 g/mol. The van der Waals surface area contributed by atoms with E-state index >= 15 is 0 Å². The van der Waals surface area contributed by atoms with E-state index < -0.39 is 0 Å². The summed E-state index contributed by atoms with van der Waals surface area (Å²) in [7, 11) is 1.89. The summed E-state index contributed by atoms with van der Waals surface area (Å²) in [6.45, 7) is 0. The van der Waals surface area contributed by atoms with Gasteiger partial charge < -0.3 is 5.21 Å². The molecule has 0 fully saturated rings. The van der Waals surface area contributed by atoms with E-state index in [0.717, 1.165) is 0 Å². The van der Waals surface area contributed by atoms with Gasteiger partial charge in [0.2, 0.25) is 12.7 Å². The van der Waals surface area contributed by atoms with E-state index in [2.05, 4.69) is 5.16 Å². The molecule has 4 heteroatoms. The number of rotatable bonds is 1. The smallest absolute Gasteiger partial charge is 0.249 e. The first-order valence-electron chi connectivity index (χ1n) is 2.53. The molecule has 1 heterocycles. The lowest BCUT2D eigenvalue weighted by Gasteiger charge is -1.75. The number of nitrogens with zero attached hydrogens (tertiary/aromatic N) is 3. The highest BCUT2D eigenvalue weighted by Crippen LogP contribution is 1.74. The Bertz CT molecular complexity index is 216. The van der Waals surface area contributed by atoms with Gasteiger partial charge >= 0.3 is 0 Å². The van der Waals surface area contributed by atoms with Crippen LogP contribution in [0, 0.1) is 0 Å². The lowest BCUT2D eigenvalue weighted by Crippen LogP contribution is -2.23. The second-order valence-electron chi connectivity index (χ2n) is 1.76. The van der Waals surface area contributed by atoms with Gasteiger partial charge in [-0.2, -0.15) is 4.57 Å². The van der Waals surface area contributed by atoms with Crippen LogP contribution >= 0.6 is 0 Å². The van der Waals surface area contributed by atoms with Gasteiger partial charge in [0.15, 0.2) is 0 Å². The molecule has 0 amide bonds. The summed E-state index contributed by atoms with van der Waals surface area (Å²) in [4.78, 5) is 0. The highest BCUT2D eigenvalue weighted by atomic mass is 16.4. The van der Waals surface area contributed by atoms with Crippen molar-refractivity contribution in [3.63, 3.8) is 0 Å². The maximum absolute atomic E-state index is 8.07. The monoisotopic (exact) mass is 126 g/mol. The van der Waals surface area contributed by atoms with Crippen molar-refractivity contribution in [2.75, 3.05) is 0 Å². The molecule has 0 aromatic carbocycles. The summed E-state index contributed by atoms with van der Waals surface area (Å²) in [5.41, 5.74) is 0. The summed E-state index contributed by atoms with van der Waals surface area (Å²) >= 11 is 0. The molecule has 0 unspecified atom stereocenters. The van der Waals surface area contributed by atoms with Crippen LogP contribution in [0.2, 0.25) is 0 Å². The van der Waals surface area contributed by atoms with Crippen molar-refractivity contribution in [1.82, 2.24) is 4.57 Å². The van der Waals surface area contributed by atoms with Gasteiger partial charge in [0.25, 0.3) is 0 Å². The molecule has 0 bridgehead atoms. The Kier molecular flexibility index (Phi) is 1.48. The molecule has 9 heavy (non-hydrogen) atoms. The van der Waals surface area contributed by atoms with Crippen molar-refractivity contribution in [1.29, 1.82) is 0 Å². The van der Waals surface area contributed by atoms with Gasteiger partial charge in [0.1, 0.15) is 12.4 Å². The van der Waals surface area contributed by atoms with E-state index in [1.165, 1.54) is 6.34 Å². The lowest BCUT2D eigenvalue weighted by atomic mass is 10.9. The average molecular weight is 126 g/mol. The molecule has 0 saturated carbocycles. The van der Waals surface area contributed by atoms with Gasteiger partial charge in [-0.3, -0.25) is 0 Å². The number of hydrogen-bond acceptors (Lipinski definition) is 2. The minimum atomic E-state index is 1.31. The molecule has 48 valence electrons. The Morgan fingerprint density at radius 3 is 3.00 bits per heavy atom. The predicted molar refractivity (Wildman–Crippen MR) is 31.3 cm³/mol. The van der Waals surface area contributed by atoms with E-state index in [-0.39, 0.29) is 0 Å². The van der Waals surface area contributed by atoms with Gasteiger partial charge in [-0.15, -0.1) is 0 Å². The Morgan fingerprint density at radius 1 is 1.78 bits per heavy atom. The fraction of sp³-hybridized carbons (Fsp3) is 0.200. The van der Waals surface area contributed by atoms with Crippen LogP contribution in [0.5, 0.6) is 0 Å². The summed E-state index contributed by atoms with van der Waals surface area (Å²) in [5, 5.41) is 10.9. The molecule has 1 N–H and O–H groups in total. The number of aromatic nitrogens is 2. The second kappa shape index (κ2) is 2.30. The fourth-order valence-corrected chi connectivity index (χ4v) is 0.597. The quantitative estimate of drug-likeness (QED) is 0.179. The van der Waals surface area contributed by atoms with Crippen LogP contribution in [0.1, 0.15) is 0 Å². The summed E-state index contributed by atoms with van der Waals surface area (Å²) in [5.74, 6) is 0. The average Bonchev–Trinajstić information content (AvgIpc) is 2.17. The van der Waals surface area contributed by atoms with Gasteiger partial charge in [0.05, 0.1) is 7.05 Å². The highest BCUT2D eigenvalue weighted by molar-refractivity contribution is 5.56. The summed E-state index contributed by atoms with van der Waals surface area (Å²) in [6, 6.07) is 0. The maximum atomic E-state index is 8.07. The van der Waals surface area contributed by atoms with E-state index in [1.807, 2.05) is 17.8 Å². The standard InChI is InChI=1S/C5H7N3O/c1-7-2-3-8(5-7)4-6-9/h2-5H,1H3/p+1. The Labute approximate surface area is 52.7 Å². The molecule has 0 radical (unpaired) electrons. The molecule has 0 aliphatic heterocycles. The van der Waals surface area contributed by atoms with Crippen LogP contribution in [0.4, 0.5) is 0 Å². The third-order valence-electron chi connectivity index (χ3n) is 0.974. The Balaban J connectivity index is 2.85.